The average Bonchev–Trinajstić information content (AvgIpc) is 2.75. The lowest BCUT2D eigenvalue weighted by Gasteiger charge is -2.18. The van der Waals surface area contributed by atoms with Gasteiger partial charge in [-0.1, -0.05) is 27.8 Å². The highest BCUT2D eigenvalue weighted by Gasteiger charge is 2.26. The molecule has 1 heterocycles. The number of carbonyl (C=O) groups is 3. The fourth-order valence-electron chi connectivity index (χ4n) is 1.68. The van der Waals surface area contributed by atoms with Crippen LogP contribution >= 0.6 is 15.9 Å². The minimum Gasteiger partial charge on any atom is -0.473 e. The number of nitrogens with zero attached hydrogens (tertiary/aromatic N) is 2. The summed E-state index contributed by atoms with van der Waals surface area (Å²) in [6.07, 6.45) is 1.66. The average molecular weight is 377 g/mol. The number of carboxylic acids is 2. The molecule has 1 unspecified atom stereocenters. The molecule has 1 rings (SSSR count). The summed E-state index contributed by atoms with van der Waals surface area (Å²) in [4.78, 5) is 33.7. The molecule has 0 bridgehead atoms. The molecule has 0 saturated carbocycles. The predicted octanol–water partition coefficient (Wildman–Crippen LogP) is 0.483. The number of rotatable bonds is 4. The van der Waals surface area contributed by atoms with Crippen LogP contribution in [0.2, 0.25) is 0 Å². The van der Waals surface area contributed by atoms with Crippen LogP contribution in [0.15, 0.2) is 0 Å². The van der Waals surface area contributed by atoms with Crippen molar-refractivity contribution in [1.82, 2.24) is 9.80 Å². The van der Waals surface area contributed by atoms with Crippen molar-refractivity contribution < 1.29 is 24.6 Å². The first-order valence-electron chi connectivity index (χ1n) is 6.75. The summed E-state index contributed by atoms with van der Waals surface area (Å²) < 4.78 is 0. The summed E-state index contributed by atoms with van der Waals surface area (Å²) in [5.41, 5.74) is 0. The molecule has 0 aromatic carbocycles. The predicted molar refractivity (Wildman–Crippen MR) is 84.7 cm³/mol. The molecule has 22 heavy (non-hydrogen) atoms. The minimum atomic E-state index is -1.82. The van der Waals surface area contributed by atoms with Gasteiger partial charge in [0.15, 0.2) is 0 Å². The van der Waals surface area contributed by atoms with Gasteiger partial charge >= 0.3 is 11.9 Å². The molecule has 1 saturated heterocycles. The van der Waals surface area contributed by atoms with Crippen LogP contribution in [0.3, 0.4) is 0 Å². The molecule has 0 aliphatic carbocycles. The van der Waals surface area contributed by atoms with Crippen molar-refractivity contribution >= 4 is 33.8 Å². The van der Waals surface area contributed by atoms with Crippen molar-refractivity contribution in [2.45, 2.75) is 25.8 Å². The normalized spacial score (nSPS) is 16.6. The van der Waals surface area contributed by atoms with E-state index < -0.39 is 11.9 Å². The Balaban J connectivity index is 0.000000626. The quantitative estimate of drug-likeness (QED) is 0.420. The molecule has 0 aromatic rings. The van der Waals surface area contributed by atoms with E-state index in [0.29, 0.717) is 19.0 Å². The Hall–Kier alpha value is -1.59. The number of carboxylic acid groups (broad SMARTS) is 2. The Morgan fingerprint density at radius 3 is 2.36 bits per heavy atom. The summed E-state index contributed by atoms with van der Waals surface area (Å²) in [6.45, 7) is 4.43. The van der Waals surface area contributed by atoms with Crippen molar-refractivity contribution in [1.29, 1.82) is 0 Å². The molecular formula is C14H21BrN2O5. The molecule has 7 nitrogen and oxygen atoms in total. The van der Waals surface area contributed by atoms with E-state index in [9.17, 15) is 4.79 Å². The Kier molecular flexibility index (Phi) is 10.2. The number of halogens is 1. The van der Waals surface area contributed by atoms with Crippen LogP contribution in [0, 0.1) is 11.8 Å². The van der Waals surface area contributed by atoms with Gasteiger partial charge in [-0.25, -0.2) is 9.59 Å². The summed E-state index contributed by atoms with van der Waals surface area (Å²) in [5, 5.41) is 15.7. The van der Waals surface area contributed by atoms with Gasteiger partial charge in [0.2, 0.25) is 5.91 Å². The van der Waals surface area contributed by atoms with Gasteiger partial charge in [0.25, 0.3) is 0 Å². The topological polar surface area (TPSA) is 98.2 Å². The lowest BCUT2D eigenvalue weighted by atomic mass is 10.2. The van der Waals surface area contributed by atoms with Gasteiger partial charge in [-0.3, -0.25) is 9.69 Å². The monoisotopic (exact) mass is 376 g/mol. The second-order valence-electron chi connectivity index (χ2n) is 4.80. The maximum Gasteiger partial charge on any atom is 0.414 e. The van der Waals surface area contributed by atoms with Gasteiger partial charge in [0.05, 0.1) is 13.1 Å². The molecule has 1 aliphatic heterocycles. The van der Waals surface area contributed by atoms with Gasteiger partial charge in [0.1, 0.15) is 0 Å². The largest absolute Gasteiger partial charge is 0.473 e. The highest BCUT2D eigenvalue weighted by Crippen LogP contribution is 2.16. The Morgan fingerprint density at radius 2 is 1.95 bits per heavy atom. The van der Waals surface area contributed by atoms with Crippen molar-refractivity contribution in [3.8, 4) is 11.8 Å². The molecule has 0 spiro atoms. The molecule has 0 radical (unpaired) electrons. The van der Waals surface area contributed by atoms with Gasteiger partial charge in [-0.2, -0.15) is 0 Å². The smallest absolute Gasteiger partial charge is 0.414 e. The van der Waals surface area contributed by atoms with E-state index in [1.165, 1.54) is 0 Å². The molecule has 2 N–H and O–H groups in total. The zero-order chi connectivity index (χ0) is 17.1. The number of alkyl halides is 1. The maximum atomic E-state index is 11.5. The number of hydrogen-bond acceptors (Lipinski definition) is 4. The van der Waals surface area contributed by atoms with Crippen LogP contribution in [0.5, 0.6) is 0 Å². The molecule has 8 heteroatoms. The van der Waals surface area contributed by atoms with Crippen molar-refractivity contribution in [2.24, 2.45) is 0 Å². The van der Waals surface area contributed by atoms with E-state index in [1.54, 1.807) is 0 Å². The van der Waals surface area contributed by atoms with Crippen LogP contribution in [-0.4, -0.2) is 75.9 Å². The molecule has 1 amide bonds. The molecule has 1 atom stereocenters. The third-order valence-electron chi connectivity index (χ3n) is 3.00. The van der Waals surface area contributed by atoms with Gasteiger partial charge in [0, 0.05) is 24.3 Å². The first-order chi connectivity index (χ1) is 10.3. The van der Waals surface area contributed by atoms with Crippen LogP contribution in [-0.2, 0) is 14.4 Å². The van der Waals surface area contributed by atoms with Crippen LogP contribution in [0.25, 0.3) is 0 Å². The molecule has 124 valence electrons. The summed E-state index contributed by atoms with van der Waals surface area (Å²) in [5.74, 6) is 2.77. The minimum absolute atomic E-state index is 0.246. The SMILES string of the molecule is CC1CCC(=O)N1CC#CCN(C)CCBr.O=C(O)C(=O)O. The first-order valence-corrected chi connectivity index (χ1v) is 7.87. The highest BCUT2D eigenvalue weighted by atomic mass is 79.9. The third-order valence-corrected chi connectivity index (χ3v) is 3.36. The van der Waals surface area contributed by atoms with Crippen LogP contribution < -0.4 is 0 Å². The van der Waals surface area contributed by atoms with E-state index in [2.05, 4.69) is 39.6 Å². The zero-order valence-electron chi connectivity index (χ0n) is 12.7. The Morgan fingerprint density at radius 1 is 1.36 bits per heavy atom. The lowest BCUT2D eigenvalue weighted by molar-refractivity contribution is -0.159. The van der Waals surface area contributed by atoms with Crippen LogP contribution in [0.1, 0.15) is 19.8 Å². The van der Waals surface area contributed by atoms with Crippen molar-refractivity contribution in [3.05, 3.63) is 0 Å². The van der Waals surface area contributed by atoms with E-state index in [4.69, 9.17) is 19.8 Å². The molecule has 1 aliphatic rings. The summed E-state index contributed by atoms with van der Waals surface area (Å²) >= 11 is 3.39. The lowest BCUT2D eigenvalue weighted by Crippen LogP contribution is -2.31. The molecular weight excluding hydrogens is 356 g/mol. The number of likely N-dealkylation sites (tertiary alicyclic amines) is 1. The van der Waals surface area contributed by atoms with Gasteiger partial charge in [-0.15, -0.1) is 0 Å². The van der Waals surface area contributed by atoms with Gasteiger partial charge < -0.3 is 15.1 Å². The first kappa shape index (κ1) is 20.4. The maximum absolute atomic E-state index is 11.5. The second kappa shape index (κ2) is 11.0. The van der Waals surface area contributed by atoms with E-state index in [0.717, 1.165) is 24.8 Å². The fraction of sp³-hybridized carbons (Fsp3) is 0.643. The highest BCUT2D eigenvalue weighted by molar-refractivity contribution is 9.09. The van der Waals surface area contributed by atoms with Gasteiger partial charge in [-0.05, 0) is 20.4 Å². The standard InChI is InChI=1S/C12H19BrN2O.C2H2O4/c1-11-5-6-12(16)15(11)9-4-3-8-14(2)10-7-13;3-1(4)2(5)6/h11H,5-10H2,1-2H3;(H,3,4)(H,5,6). The van der Waals surface area contributed by atoms with Crippen LogP contribution in [0.4, 0.5) is 0 Å². The van der Waals surface area contributed by atoms with E-state index in [-0.39, 0.29) is 5.91 Å². The van der Waals surface area contributed by atoms with Crippen molar-refractivity contribution in [3.63, 3.8) is 0 Å². The zero-order valence-corrected chi connectivity index (χ0v) is 14.3. The Bertz CT molecular complexity index is 446. The number of carbonyl (C=O) groups excluding carboxylic acids is 1. The third kappa shape index (κ3) is 8.64. The fourth-order valence-corrected chi connectivity index (χ4v) is 2.28. The molecule has 1 fully saturated rings. The molecule has 0 aromatic heterocycles. The number of aliphatic carboxylic acids is 2. The summed E-state index contributed by atoms with van der Waals surface area (Å²) in [6, 6.07) is 0.363. The van der Waals surface area contributed by atoms with E-state index >= 15 is 0 Å². The Labute approximate surface area is 138 Å². The number of amides is 1. The van der Waals surface area contributed by atoms with E-state index in [1.807, 2.05) is 11.9 Å². The second-order valence-corrected chi connectivity index (χ2v) is 5.59. The summed E-state index contributed by atoms with van der Waals surface area (Å²) in [7, 11) is 2.04. The number of hydrogen-bond donors (Lipinski definition) is 2. The van der Waals surface area contributed by atoms with Crippen molar-refractivity contribution in [2.75, 3.05) is 32.0 Å².